The molecule has 5 aromatic carbocycles. The molecular weight excluding hydrogens is 503 g/mol. The van der Waals surface area contributed by atoms with Crippen molar-refractivity contribution in [2.24, 2.45) is 0 Å². The van der Waals surface area contributed by atoms with Crippen molar-refractivity contribution >= 4 is 41.7 Å². The molecule has 40 heavy (non-hydrogen) atoms. The summed E-state index contributed by atoms with van der Waals surface area (Å²) in [5.41, 5.74) is 10.2. The lowest BCUT2D eigenvalue weighted by Gasteiger charge is -2.35. The van der Waals surface area contributed by atoms with Gasteiger partial charge in [-0.25, -0.2) is 0 Å². The van der Waals surface area contributed by atoms with Gasteiger partial charge in [0.2, 0.25) is 0 Å². The van der Waals surface area contributed by atoms with Gasteiger partial charge in [-0.3, -0.25) is 9.34 Å². The van der Waals surface area contributed by atoms with Crippen LogP contribution in [0.5, 0.6) is 0 Å². The number of benzene rings is 5. The average molecular weight is 535 g/mol. The van der Waals surface area contributed by atoms with Crippen LogP contribution in [-0.2, 0) is 5.41 Å². The molecule has 3 heteroatoms. The second-order valence-corrected chi connectivity index (χ2v) is 12.7. The fraction of sp³-hybridized carbons (Fsp3) is 0.0811. The van der Waals surface area contributed by atoms with Gasteiger partial charge in [-0.15, -0.1) is 0 Å². The molecule has 0 amide bonds. The van der Waals surface area contributed by atoms with Gasteiger partial charge in [0.25, 0.3) is 0 Å². The van der Waals surface area contributed by atoms with E-state index in [0.717, 1.165) is 5.31 Å². The van der Waals surface area contributed by atoms with Crippen LogP contribution in [0.15, 0.2) is 146 Å². The first kappa shape index (κ1) is 24.6. The summed E-state index contributed by atoms with van der Waals surface area (Å²) in [7, 11) is -1.08. The van der Waals surface area contributed by atoms with Gasteiger partial charge >= 0.3 is 0 Å². The van der Waals surface area contributed by atoms with E-state index >= 15 is 0 Å². The molecule has 0 saturated heterocycles. The molecule has 0 aromatic heterocycles. The van der Waals surface area contributed by atoms with Crippen molar-refractivity contribution in [1.82, 2.24) is 0 Å². The minimum atomic E-state index is -1.08. The number of nitrogens with zero attached hydrogens (tertiary/aromatic N) is 2. The number of anilines is 4. The van der Waals surface area contributed by atoms with Gasteiger partial charge in [0, 0.05) is 21.7 Å². The highest BCUT2D eigenvalue weighted by molar-refractivity contribution is 7.67. The lowest BCUT2D eigenvalue weighted by Crippen LogP contribution is -2.17. The highest BCUT2D eigenvalue weighted by Gasteiger charge is 2.44. The molecule has 1 atom stereocenters. The van der Waals surface area contributed by atoms with E-state index in [0.29, 0.717) is 0 Å². The minimum absolute atomic E-state index is 0.0719. The van der Waals surface area contributed by atoms with Crippen LogP contribution in [-0.4, -0.2) is 0 Å². The van der Waals surface area contributed by atoms with Crippen LogP contribution in [0, 0.1) is 0 Å². The standard InChI is InChI=1S/C37H31N2P/c1-5-15-27(6-2)40-38(32-24-13-17-26-16-7-8-18-28(26)32)33-22-11-12-23-34(33)39(40)35-25-14-21-31-36(35)29-19-9-10-20-30(29)37(31,3)4/h5-25H,1-2H2,3-4H3/b27-15+. The zero-order valence-corrected chi connectivity index (χ0v) is 23.8. The van der Waals surface area contributed by atoms with Crippen LogP contribution in [0.2, 0.25) is 0 Å². The average Bonchev–Trinajstić information content (AvgIpc) is 3.45. The van der Waals surface area contributed by atoms with Crippen LogP contribution in [0.1, 0.15) is 25.0 Å². The maximum absolute atomic E-state index is 4.28. The molecule has 0 N–H and O–H groups in total. The van der Waals surface area contributed by atoms with Gasteiger partial charge in [-0.05, 0) is 46.3 Å². The maximum atomic E-state index is 4.28. The SMILES string of the molecule is C=C/C=C(\C=C)P1N(c2cccc3c2-c2ccccc2C3(C)C)c2ccccc2N1c1cccc2ccccc12. The van der Waals surface area contributed by atoms with Crippen LogP contribution < -0.4 is 9.34 Å². The van der Waals surface area contributed by atoms with E-state index in [-0.39, 0.29) is 5.41 Å². The first-order valence-electron chi connectivity index (χ1n) is 13.7. The molecule has 2 nitrogen and oxygen atoms in total. The Morgan fingerprint density at radius 3 is 2.00 bits per heavy atom. The maximum Gasteiger partial charge on any atom is 0.138 e. The van der Waals surface area contributed by atoms with Crippen molar-refractivity contribution in [2.45, 2.75) is 19.3 Å². The molecule has 2 aliphatic rings. The Kier molecular flexibility index (Phi) is 5.77. The summed E-state index contributed by atoms with van der Waals surface area (Å²) in [4.78, 5) is 0. The summed E-state index contributed by atoms with van der Waals surface area (Å²) in [6, 6.07) is 39.8. The smallest absolute Gasteiger partial charge is 0.138 e. The Hall–Kier alpha value is -4.39. The van der Waals surface area contributed by atoms with E-state index in [2.05, 4.69) is 152 Å². The zero-order valence-electron chi connectivity index (χ0n) is 22.9. The molecule has 1 heterocycles. The molecule has 7 rings (SSSR count). The van der Waals surface area contributed by atoms with Gasteiger partial charge in [-0.1, -0.05) is 130 Å². The molecule has 0 radical (unpaired) electrons. The Labute approximate surface area is 238 Å². The predicted octanol–water partition coefficient (Wildman–Crippen LogP) is 11.0. The second-order valence-electron chi connectivity index (χ2n) is 10.8. The first-order valence-corrected chi connectivity index (χ1v) is 15.0. The normalized spacial score (nSPS) is 16.9. The van der Waals surface area contributed by atoms with E-state index in [9.17, 15) is 0 Å². The Balaban J connectivity index is 1.55. The fourth-order valence-corrected chi connectivity index (χ4v) is 8.99. The highest BCUT2D eigenvalue weighted by Crippen LogP contribution is 2.71. The number of allylic oxidation sites excluding steroid dienone is 4. The molecule has 0 bridgehead atoms. The third-order valence-electron chi connectivity index (χ3n) is 8.25. The number of fused-ring (bicyclic) bond motifs is 5. The zero-order chi connectivity index (χ0) is 27.4. The van der Waals surface area contributed by atoms with Crippen molar-refractivity contribution in [2.75, 3.05) is 9.34 Å². The fourth-order valence-electron chi connectivity index (χ4n) is 6.45. The summed E-state index contributed by atoms with van der Waals surface area (Å²) >= 11 is 0. The van der Waals surface area contributed by atoms with Crippen LogP contribution in [0.4, 0.5) is 22.7 Å². The van der Waals surface area contributed by atoms with E-state index in [1.807, 2.05) is 12.2 Å². The number of hydrogen-bond donors (Lipinski definition) is 0. The van der Waals surface area contributed by atoms with Gasteiger partial charge < -0.3 is 0 Å². The van der Waals surface area contributed by atoms with Gasteiger partial charge in [-0.2, -0.15) is 0 Å². The molecule has 1 aliphatic heterocycles. The van der Waals surface area contributed by atoms with E-state index in [4.69, 9.17) is 0 Å². The molecule has 1 unspecified atom stereocenters. The van der Waals surface area contributed by atoms with Crippen molar-refractivity contribution < 1.29 is 0 Å². The summed E-state index contributed by atoms with van der Waals surface area (Å²) in [6.07, 6.45) is 6.01. The summed E-state index contributed by atoms with van der Waals surface area (Å²) in [5, 5.41) is 3.62. The molecule has 194 valence electrons. The molecule has 0 saturated carbocycles. The van der Waals surface area contributed by atoms with Crippen molar-refractivity contribution in [3.8, 4) is 11.1 Å². The lowest BCUT2D eigenvalue weighted by atomic mass is 9.82. The quantitative estimate of drug-likeness (QED) is 0.163. The van der Waals surface area contributed by atoms with E-state index in [1.54, 1.807) is 0 Å². The summed E-state index contributed by atoms with van der Waals surface area (Å²) in [5.74, 6) is 0. The van der Waals surface area contributed by atoms with Crippen LogP contribution in [0.25, 0.3) is 21.9 Å². The first-order chi connectivity index (χ1) is 19.6. The third-order valence-corrected chi connectivity index (χ3v) is 10.7. The van der Waals surface area contributed by atoms with Crippen LogP contribution in [0.3, 0.4) is 0 Å². The van der Waals surface area contributed by atoms with E-state index in [1.165, 1.54) is 55.8 Å². The van der Waals surface area contributed by atoms with Crippen molar-refractivity contribution in [3.05, 3.63) is 157 Å². The minimum Gasteiger partial charge on any atom is -0.296 e. The highest BCUT2D eigenvalue weighted by atomic mass is 31.1. The largest absolute Gasteiger partial charge is 0.296 e. The third kappa shape index (κ3) is 3.46. The summed E-state index contributed by atoms with van der Waals surface area (Å²) < 4.78 is 5.11. The molecule has 0 spiro atoms. The Bertz CT molecular complexity index is 1840. The molecule has 5 aromatic rings. The Morgan fingerprint density at radius 1 is 0.650 bits per heavy atom. The number of para-hydroxylation sites is 2. The topological polar surface area (TPSA) is 6.48 Å². The van der Waals surface area contributed by atoms with Crippen LogP contribution >= 0.6 is 8.22 Å². The number of rotatable bonds is 5. The Morgan fingerprint density at radius 2 is 1.23 bits per heavy atom. The summed E-state index contributed by atoms with van der Waals surface area (Å²) in [6.45, 7) is 13.0. The van der Waals surface area contributed by atoms with Crippen molar-refractivity contribution in [3.63, 3.8) is 0 Å². The van der Waals surface area contributed by atoms with Crippen molar-refractivity contribution in [1.29, 1.82) is 0 Å². The lowest BCUT2D eigenvalue weighted by molar-refractivity contribution is 0.660. The molecule has 1 aliphatic carbocycles. The number of hydrogen-bond acceptors (Lipinski definition) is 2. The van der Waals surface area contributed by atoms with Gasteiger partial charge in [0.15, 0.2) is 0 Å². The van der Waals surface area contributed by atoms with Gasteiger partial charge in [0.05, 0.1) is 22.7 Å². The molecular formula is C37H31N2P. The second kappa shape index (κ2) is 9.37. The monoisotopic (exact) mass is 534 g/mol. The predicted molar refractivity (Wildman–Crippen MR) is 174 cm³/mol. The molecule has 0 fully saturated rings. The van der Waals surface area contributed by atoms with Gasteiger partial charge in [0.1, 0.15) is 8.22 Å². The van der Waals surface area contributed by atoms with E-state index < -0.39 is 8.22 Å².